The zero-order valence-electron chi connectivity index (χ0n) is 13.8. The van der Waals surface area contributed by atoms with Crippen molar-refractivity contribution in [2.24, 2.45) is 5.41 Å². The van der Waals surface area contributed by atoms with Crippen LogP contribution in [-0.4, -0.2) is 25.2 Å². The second kappa shape index (κ2) is 6.57. The lowest BCUT2D eigenvalue weighted by Crippen LogP contribution is -2.46. The normalized spacial score (nSPS) is 12.6. The van der Waals surface area contributed by atoms with Crippen LogP contribution in [0.4, 0.5) is 10.1 Å². The number of nitrogens with one attached hydrogen (secondary N) is 1. The highest BCUT2D eigenvalue weighted by atomic mass is 19.1. The summed E-state index contributed by atoms with van der Waals surface area (Å²) in [7, 11) is 0. The van der Waals surface area contributed by atoms with Crippen molar-refractivity contribution in [3.63, 3.8) is 0 Å². The molecule has 0 fully saturated rings. The lowest BCUT2D eigenvalue weighted by Gasteiger charge is -2.36. The van der Waals surface area contributed by atoms with Crippen molar-refractivity contribution < 1.29 is 4.39 Å². The van der Waals surface area contributed by atoms with Gasteiger partial charge in [0.25, 0.3) is 0 Å². The Hall–Kier alpha value is -1.09. The molecule has 20 heavy (non-hydrogen) atoms. The zero-order chi connectivity index (χ0) is 15.4. The minimum atomic E-state index is -0.174. The highest BCUT2D eigenvalue weighted by Crippen LogP contribution is 2.23. The summed E-state index contributed by atoms with van der Waals surface area (Å²) in [6, 6.07) is 6.84. The molecule has 0 radical (unpaired) electrons. The molecule has 0 aliphatic heterocycles. The first-order chi connectivity index (χ1) is 9.13. The maximum absolute atomic E-state index is 13.4. The molecule has 0 spiro atoms. The van der Waals surface area contributed by atoms with Crippen LogP contribution in [0, 0.1) is 11.2 Å². The Balaban J connectivity index is 2.72. The number of nitrogens with zero attached hydrogens (tertiary/aromatic N) is 1. The van der Waals surface area contributed by atoms with E-state index in [-0.39, 0.29) is 16.8 Å². The molecule has 0 bridgehead atoms. The van der Waals surface area contributed by atoms with Crippen LogP contribution in [0.3, 0.4) is 0 Å². The van der Waals surface area contributed by atoms with E-state index in [9.17, 15) is 4.39 Å². The summed E-state index contributed by atoms with van der Waals surface area (Å²) in [4.78, 5) is 2.23. The molecule has 0 heterocycles. The summed E-state index contributed by atoms with van der Waals surface area (Å²) in [5.41, 5.74) is 1.19. The Labute approximate surface area is 123 Å². The number of hydrogen-bond acceptors (Lipinski definition) is 2. The molecule has 3 heteroatoms. The summed E-state index contributed by atoms with van der Waals surface area (Å²) in [6.07, 6.45) is 0. The molecule has 1 aromatic rings. The Bertz CT molecular complexity index is 421. The van der Waals surface area contributed by atoms with Gasteiger partial charge in [-0.3, -0.25) is 0 Å². The number of rotatable bonds is 6. The molecule has 0 aliphatic rings. The van der Waals surface area contributed by atoms with E-state index in [0.717, 1.165) is 25.3 Å². The Kier molecular flexibility index (Phi) is 5.58. The first-order valence-electron chi connectivity index (χ1n) is 7.38. The van der Waals surface area contributed by atoms with Gasteiger partial charge < -0.3 is 10.2 Å². The Morgan fingerprint density at radius 2 is 1.80 bits per heavy atom. The van der Waals surface area contributed by atoms with Gasteiger partial charge in [-0.15, -0.1) is 0 Å². The van der Waals surface area contributed by atoms with Gasteiger partial charge in [0.1, 0.15) is 5.82 Å². The molecule has 0 unspecified atom stereocenters. The summed E-state index contributed by atoms with van der Waals surface area (Å²) in [5, 5.41) is 3.55. The highest BCUT2D eigenvalue weighted by Gasteiger charge is 2.23. The second-order valence-corrected chi connectivity index (χ2v) is 7.26. The van der Waals surface area contributed by atoms with Crippen LogP contribution in [0.25, 0.3) is 0 Å². The van der Waals surface area contributed by atoms with Gasteiger partial charge >= 0.3 is 0 Å². The van der Waals surface area contributed by atoms with Crippen LogP contribution in [0.15, 0.2) is 24.3 Å². The number of halogens is 1. The fraction of sp³-hybridized carbons (Fsp3) is 0.647. The van der Waals surface area contributed by atoms with Crippen molar-refractivity contribution in [2.45, 2.75) is 47.1 Å². The standard InChI is InChI=1S/C17H29FN2/c1-7-20(15-10-8-9-14(18)11-15)13-17(5,6)12-19-16(2,3)4/h8-11,19H,7,12-13H2,1-6H3. The first-order valence-corrected chi connectivity index (χ1v) is 7.38. The maximum Gasteiger partial charge on any atom is 0.125 e. The minimum Gasteiger partial charge on any atom is -0.371 e. The molecule has 1 rings (SSSR count). The molecule has 0 aliphatic carbocycles. The number of anilines is 1. The van der Waals surface area contributed by atoms with E-state index >= 15 is 0 Å². The van der Waals surface area contributed by atoms with Crippen molar-refractivity contribution in [1.29, 1.82) is 0 Å². The molecule has 0 aromatic heterocycles. The smallest absolute Gasteiger partial charge is 0.125 e. The van der Waals surface area contributed by atoms with Crippen molar-refractivity contribution in [2.75, 3.05) is 24.5 Å². The predicted octanol–water partition coefficient (Wildman–Crippen LogP) is 4.07. The van der Waals surface area contributed by atoms with Gasteiger partial charge in [0.2, 0.25) is 0 Å². The van der Waals surface area contributed by atoms with Crippen LogP contribution in [0.1, 0.15) is 41.5 Å². The predicted molar refractivity (Wildman–Crippen MR) is 85.8 cm³/mol. The van der Waals surface area contributed by atoms with E-state index in [0.29, 0.717) is 0 Å². The molecular formula is C17H29FN2. The Morgan fingerprint density at radius 1 is 1.15 bits per heavy atom. The van der Waals surface area contributed by atoms with Crippen molar-refractivity contribution in [3.8, 4) is 0 Å². The molecule has 2 nitrogen and oxygen atoms in total. The van der Waals surface area contributed by atoms with E-state index in [1.165, 1.54) is 6.07 Å². The minimum absolute atomic E-state index is 0.118. The third kappa shape index (κ3) is 5.91. The molecule has 0 amide bonds. The molecular weight excluding hydrogens is 251 g/mol. The maximum atomic E-state index is 13.4. The summed E-state index contributed by atoms with van der Waals surface area (Å²) >= 11 is 0. The van der Waals surface area contributed by atoms with E-state index < -0.39 is 0 Å². The zero-order valence-corrected chi connectivity index (χ0v) is 13.8. The third-order valence-electron chi connectivity index (χ3n) is 3.27. The number of benzene rings is 1. The summed E-state index contributed by atoms with van der Waals surface area (Å²) < 4.78 is 13.4. The van der Waals surface area contributed by atoms with E-state index in [1.807, 2.05) is 6.07 Å². The average Bonchev–Trinajstić information content (AvgIpc) is 2.33. The van der Waals surface area contributed by atoms with Gasteiger partial charge in [0, 0.05) is 30.9 Å². The van der Waals surface area contributed by atoms with Gasteiger partial charge in [-0.2, -0.15) is 0 Å². The molecule has 0 saturated heterocycles. The molecule has 114 valence electrons. The first kappa shape index (κ1) is 17.0. The van der Waals surface area contributed by atoms with Gasteiger partial charge in [-0.1, -0.05) is 19.9 Å². The Morgan fingerprint density at radius 3 is 2.30 bits per heavy atom. The molecule has 1 aromatic carbocycles. The summed E-state index contributed by atoms with van der Waals surface area (Å²) in [5.74, 6) is -0.174. The van der Waals surface area contributed by atoms with E-state index in [2.05, 4.69) is 51.8 Å². The van der Waals surface area contributed by atoms with Gasteiger partial charge in [0.05, 0.1) is 0 Å². The third-order valence-corrected chi connectivity index (χ3v) is 3.27. The van der Waals surface area contributed by atoms with Crippen molar-refractivity contribution in [3.05, 3.63) is 30.1 Å². The molecule has 1 N–H and O–H groups in total. The fourth-order valence-corrected chi connectivity index (χ4v) is 2.14. The topological polar surface area (TPSA) is 15.3 Å². The second-order valence-electron chi connectivity index (χ2n) is 7.26. The van der Waals surface area contributed by atoms with Crippen LogP contribution >= 0.6 is 0 Å². The highest BCUT2D eigenvalue weighted by molar-refractivity contribution is 5.46. The van der Waals surface area contributed by atoms with Crippen LogP contribution in [0.2, 0.25) is 0 Å². The molecule has 0 atom stereocenters. The van der Waals surface area contributed by atoms with Crippen molar-refractivity contribution in [1.82, 2.24) is 5.32 Å². The van der Waals surface area contributed by atoms with Gasteiger partial charge in [-0.25, -0.2) is 4.39 Å². The average molecular weight is 280 g/mol. The largest absolute Gasteiger partial charge is 0.371 e. The molecule has 0 saturated carbocycles. The number of hydrogen-bond donors (Lipinski definition) is 1. The van der Waals surface area contributed by atoms with Gasteiger partial charge in [0.15, 0.2) is 0 Å². The van der Waals surface area contributed by atoms with Crippen LogP contribution in [0.5, 0.6) is 0 Å². The van der Waals surface area contributed by atoms with E-state index in [4.69, 9.17) is 0 Å². The lowest BCUT2D eigenvalue weighted by molar-refractivity contribution is 0.293. The van der Waals surface area contributed by atoms with E-state index in [1.54, 1.807) is 12.1 Å². The fourth-order valence-electron chi connectivity index (χ4n) is 2.14. The van der Waals surface area contributed by atoms with Crippen LogP contribution < -0.4 is 10.2 Å². The lowest BCUT2D eigenvalue weighted by atomic mass is 9.91. The summed E-state index contributed by atoms with van der Waals surface area (Å²) in [6.45, 7) is 15.8. The SMILES string of the molecule is CCN(CC(C)(C)CNC(C)(C)C)c1cccc(F)c1. The monoisotopic (exact) mass is 280 g/mol. The van der Waals surface area contributed by atoms with Crippen molar-refractivity contribution >= 4 is 5.69 Å². The van der Waals surface area contributed by atoms with Gasteiger partial charge in [-0.05, 0) is 51.3 Å². The van der Waals surface area contributed by atoms with Crippen LogP contribution in [-0.2, 0) is 0 Å². The quantitative estimate of drug-likeness (QED) is 0.845.